The molecule has 34 heavy (non-hydrogen) atoms. The van der Waals surface area contributed by atoms with E-state index in [9.17, 15) is 10.2 Å². The first-order chi connectivity index (χ1) is 16.3. The van der Waals surface area contributed by atoms with Crippen molar-refractivity contribution in [3.63, 3.8) is 0 Å². The molecule has 1 heterocycles. The predicted octanol–water partition coefficient (Wildman–Crippen LogP) is 5.70. The maximum absolute atomic E-state index is 11.3. The molecule has 0 aromatic carbocycles. The van der Waals surface area contributed by atoms with Gasteiger partial charge in [0.05, 0.1) is 30.0 Å². The van der Waals surface area contributed by atoms with Crippen LogP contribution in [0.5, 0.6) is 0 Å². The molecule has 4 aliphatic carbocycles. The van der Waals surface area contributed by atoms with Crippen LogP contribution in [-0.4, -0.2) is 31.7 Å². The summed E-state index contributed by atoms with van der Waals surface area (Å²) in [4.78, 5) is 0. The molecule has 0 bridgehead atoms. The van der Waals surface area contributed by atoms with Gasteiger partial charge in [-0.05, 0) is 111 Å². The molecular formula is C29H45N3O2. The molecule has 0 spiro atoms. The molecule has 4 fully saturated rings. The zero-order chi connectivity index (χ0) is 24.1. The molecule has 0 radical (unpaired) electrons. The Balaban J connectivity index is 1.33. The predicted molar refractivity (Wildman–Crippen MR) is 133 cm³/mol. The van der Waals surface area contributed by atoms with Gasteiger partial charge in [0.15, 0.2) is 0 Å². The maximum atomic E-state index is 11.3. The fraction of sp³-hybridized carbons (Fsp3) is 0.862. The minimum atomic E-state index is -0.422. The van der Waals surface area contributed by atoms with Crippen LogP contribution in [0.2, 0.25) is 0 Å². The smallest absolute Gasteiger partial charge is 0.102 e. The normalized spacial score (nSPS) is 44.5. The van der Waals surface area contributed by atoms with Crippen molar-refractivity contribution in [1.82, 2.24) is 9.78 Å². The van der Waals surface area contributed by atoms with Gasteiger partial charge in [-0.3, -0.25) is 4.68 Å². The Morgan fingerprint density at radius 2 is 1.97 bits per heavy atom. The van der Waals surface area contributed by atoms with Crippen LogP contribution in [-0.2, 0) is 6.54 Å². The van der Waals surface area contributed by atoms with Gasteiger partial charge in [0.2, 0.25) is 0 Å². The van der Waals surface area contributed by atoms with E-state index in [2.05, 4.69) is 31.9 Å². The molecule has 0 saturated heterocycles. The fourth-order valence-electron chi connectivity index (χ4n) is 10.0. The number of fused-ring (bicyclic) bond motifs is 5. The van der Waals surface area contributed by atoms with Gasteiger partial charge in [-0.2, -0.15) is 10.4 Å². The van der Waals surface area contributed by atoms with E-state index in [1.807, 2.05) is 0 Å². The van der Waals surface area contributed by atoms with E-state index in [0.29, 0.717) is 35.3 Å². The van der Waals surface area contributed by atoms with E-state index in [1.165, 1.54) is 44.9 Å². The number of hydrogen-bond acceptors (Lipinski definition) is 4. The number of nitriles is 1. The lowest BCUT2D eigenvalue weighted by atomic mass is 9.42. The minimum Gasteiger partial charge on any atom is -0.391 e. The molecular weight excluding hydrogens is 422 g/mol. The molecule has 9 atom stereocenters. The van der Waals surface area contributed by atoms with Crippen molar-refractivity contribution < 1.29 is 10.2 Å². The topological polar surface area (TPSA) is 82.1 Å². The summed E-state index contributed by atoms with van der Waals surface area (Å²) >= 11 is 0. The van der Waals surface area contributed by atoms with Crippen molar-refractivity contribution >= 4 is 0 Å². The van der Waals surface area contributed by atoms with Crippen LogP contribution in [0.25, 0.3) is 0 Å². The SMILES string of the molecule is CCC[C@@]1(O)CC[C@@]2(CC)[C@H](CC[C@H]3[C@@H]4CC[C@H]([C@@H](O)Cn5cc(C#N)cn5)[C@@]4(C)CC[C@@H]32)C1. The molecule has 188 valence electrons. The van der Waals surface area contributed by atoms with Crippen molar-refractivity contribution in [1.29, 1.82) is 5.26 Å². The van der Waals surface area contributed by atoms with Gasteiger partial charge in [-0.25, -0.2) is 0 Å². The van der Waals surface area contributed by atoms with E-state index in [-0.39, 0.29) is 5.41 Å². The quantitative estimate of drug-likeness (QED) is 0.562. The van der Waals surface area contributed by atoms with Gasteiger partial charge >= 0.3 is 0 Å². The van der Waals surface area contributed by atoms with E-state index in [0.717, 1.165) is 43.9 Å². The average Bonchev–Trinajstić information content (AvgIpc) is 3.42. The highest BCUT2D eigenvalue weighted by Crippen LogP contribution is 2.69. The summed E-state index contributed by atoms with van der Waals surface area (Å²) in [5.41, 5.74) is 0.756. The van der Waals surface area contributed by atoms with Gasteiger partial charge in [0.1, 0.15) is 6.07 Å². The Hall–Kier alpha value is -1.38. The van der Waals surface area contributed by atoms with Gasteiger partial charge in [0, 0.05) is 6.20 Å². The maximum Gasteiger partial charge on any atom is 0.102 e. The Kier molecular flexibility index (Phi) is 6.39. The zero-order valence-corrected chi connectivity index (χ0v) is 21.5. The number of aromatic nitrogens is 2. The third-order valence-corrected chi connectivity index (χ3v) is 11.6. The van der Waals surface area contributed by atoms with E-state index in [4.69, 9.17) is 5.26 Å². The van der Waals surface area contributed by atoms with E-state index >= 15 is 0 Å². The number of rotatable bonds is 6. The van der Waals surface area contributed by atoms with Crippen LogP contribution < -0.4 is 0 Å². The highest BCUT2D eigenvalue weighted by molar-refractivity contribution is 5.21. The fourth-order valence-corrected chi connectivity index (χ4v) is 10.0. The third-order valence-electron chi connectivity index (χ3n) is 11.6. The largest absolute Gasteiger partial charge is 0.391 e. The first kappa shape index (κ1) is 24.3. The molecule has 0 unspecified atom stereocenters. The number of aliphatic hydroxyl groups excluding tert-OH is 1. The Morgan fingerprint density at radius 1 is 1.15 bits per heavy atom. The van der Waals surface area contributed by atoms with Gasteiger partial charge < -0.3 is 10.2 Å². The van der Waals surface area contributed by atoms with Crippen LogP contribution in [0, 0.1) is 51.8 Å². The van der Waals surface area contributed by atoms with Crippen LogP contribution in [0.15, 0.2) is 12.4 Å². The summed E-state index contributed by atoms with van der Waals surface area (Å²) in [6.07, 6.45) is 16.9. The summed E-state index contributed by atoms with van der Waals surface area (Å²) in [6, 6.07) is 2.14. The second-order valence-corrected chi connectivity index (χ2v) is 12.8. The average molecular weight is 468 g/mol. The number of aliphatic hydroxyl groups is 2. The summed E-state index contributed by atoms with van der Waals surface area (Å²) in [7, 11) is 0. The molecule has 0 amide bonds. The second kappa shape index (κ2) is 8.93. The van der Waals surface area contributed by atoms with Crippen molar-refractivity contribution in [3.8, 4) is 6.07 Å². The van der Waals surface area contributed by atoms with Crippen molar-refractivity contribution in [2.24, 2.45) is 40.4 Å². The lowest BCUT2D eigenvalue weighted by Gasteiger charge is -2.63. The molecule has 5 nitrogen and oxygen atoms in total. The standard InChI is InChI=1S/C29H45N3O2/c1-4-11-28(34)13-14-29(5-2)21(15-28)6-7-22-23-8-9-25(27(23,3)12-10-24(22)29)26(33)19-32-18-20(16-30)17-31-32/h17-18,21-26,33-34H,4-15,19H2,1-3H3/t21-,22+,23+,24+,25-,26+,27+,28-,29+/m1/s1. The Morgan fingerprint density at radius 3 is 2.68 bits per heavy atom. The molecule has 4 aliphatic rings. The zero-order valence-electron chi connectivity index (χ0n) is 21.5. The molecule has 2 N–H and O–H groups in total. The summed E-state index contributed by atoms with van der Waals surface area (Å²) in [5.74, 6) is 3.27. The van der Waals surface area contributed by atoms with E-state index in [1.54, 1.807) is 17.1 Å². The third kappa shape index (κ3) is 3.75. The van der Waals surface area contributed by atoms with Crippen LogP contribution in [0.4, 0.5) is 0 Å². The second-order valence-electron chi connectivity index (χ2n) is 12.8. The first-order valence-corrected chi connectivity index (χ1v) is 14.1. The van der Waals surface area contributed by atoms with Gasteiger partial charge in [-0.15, -0.1) is 0 Å². The molecule has 0 aliphatic heterocycles. The molecule has 4 saturated carbocycles. The van der Waals surface area contributed by atoms with Gasteiger partial charge in [0.25, 0.3) is 0 Å². The first-order valence-electron chi connectivity index (χ1n) is 14.1. The number of nitrogens with zero attached hydrogens (tertiary/aromatic N) is 3. The monoisotopic (exact) mass is 467 g/mol. The molecule has 1 aromatic rings. The summed E-state index contributed by atoms with van der Waals surface area (Å²) in [6.45, 7) is 7.59. The molecule has 1 aromatic heterocycles. The minimum absolute atomic E-state index is 0.200. The Bertz CT molecular complexity index is 923. The van der Waals surface area contributed by atoms with Crippen LogP contribution in [0.1, 0.15) is 103 Å². The van der Waals surface area contributed by atoms with Crippen molar-refractivity contribution in [3.05, 3.63) is 18.0 Å². The number of hydrogen-bond donors (Lipinski definition) is 2. The summed E-state index contributed by atoms with van der Waals surface area (Å²) < 4.78 is 1.75. The van der Waals surface area contributed by atoms with Crippen molar-refractivity contribution in [2.45, 2.75) is 116 Å². The Labute approximate surface area is 205 Å². The van der Waals surface area contributed by atoms with Crippen LogP contribution in [0.3, 0.4) is 0 Å². The summed E-state index contributed by atoms with van der Waals surface area (Å²) in [5, 5.41) is 36.0. The lowest BCUT2D eigenvalue weighted by Crippen LogP contribution is -2.57. The highest BCUT2D eigenvalue weighted by Gasteiger charge is 2.62. The van der Waals surface area contributed by atoms with Crippen molar-refractivity contribution in [2.75, 3.05) is 0 Å². The van der Waals surface area contributed by atoms with E-state index < -0.39 is 11.7 Å². The lowest BCUT2D eigenvalue weighted by molar-refractivity contribution is -0.164. The van der Waals surface area contributed by atoms with Gasteiger partial charge in [-0.1, -0.05) is 27.2 Å². The molecule has 5 rings (SSSR count). The van der Waals surface area contributed by atoms with Crippen LogP contribution >= 0.6 is 0 Å². The molecule has 5 heteroatoms. The highest BCUT2D eigenvalue weighted by atomic mass is 16.3.